The van der Waals surface area contributed by atoms with Gasteiger partial charge in [0.25, 0.3) is 0 Å². The normalized spacial score (nSPS) is 16.9. The molecule has 0 atom stereocenters. The predicted octanol–water partition coefficient (Wildman–Crippen LogP) is 2.86. The number of rotatable bonds is 4. The second-order valence-corrected chi connectivity index (χ2v) is 6.70. The van der Waals surface area contributed by atoms with Crippen molar-refractivity contribution in [3.05, 3.63) is 47.0 Å². The molecule has 0 aliphatic carbocycles. The van der Waals surface area contributed by atoms with Crippen molar-refractivity contribution in [2.24, 2.45) is 0 Å². The molecule has 120 valence electrons. The molecule has 1 fully saturated rings. The van der Waals surface area contributed by atoms with E-state index in [0.717, 1.165) is 32.7 Å². The number of benzene rings is 1. The molecule has 2 aromatic rings. The summed E-state index contributed by atoms with van der Waals surface area (Å²) < 4.78 is 0. The van der Waals surface area contributed by atoms with Gasteiger partial charge in [-0.1, -0.05) is 30.3 Å². The summed E-state index contributed by atoms with van der Waals surface area (Å²) >= 11 is 1.60. The van der Waals surface area contributed by atoms with E-state index in [9.17, 15) is 0 Å². The van der Waals surface area contributed by atoms with Crippen LogP contribution in [-0.2, 0) is 13.1 Å². The van der Waals surface area contributed by atoms with Gasteiger partial charge in [-0.25, -0.2) is 4.98 Å². The minimum absolute atomic E-state index is 0. The van der Waals surface area contributed by atoms with Crippen LogP contribution in [0.2, 0.25) is 0 Å². The molecule has 2 N–H and O–H groups in total. The van der Waals surface area contributed by atoms with Crippen LogP contribution < -0.4 is 5.73 Å². The molecular weight excluding hydrogens is 316 g/mol. The highest BCUT2D eigenvalue weighted by atomic mass is 35.5. The molecule has 1 aliphatic heterocycles. The lowest BCUT2D eigenvalue weighted by Crippen LogP contribution is -2.30. The molecule has 0 radical (unpaired) electrons. The van der Waals surface area contributed by atoms with Crippen LogP contribution >= 0.6 is 23.7 Å². The second kappa shape index (κ2) is 8.48. The largest absolute Gasteiger partial charge is 0.375 e. The number of nitrogens with zero attached hydrogens (tertiary/aromatic N) is 3. The maximum Gasteiger partial charge on any atom is 0.180 e. The lowest BCUT2D eigenvalue weighted by atomic mass is 10.2. The molecule has 22 heavy (non-hydrogen) atoms. The Hall–Kier alpha value is -1.14. The molecular formula is C16H23ClN4S. The summed E-state index contributed by atoms with van der Waals surface area (Å²) in [6, 6.07) is 10.7. The van der Waals surface area contributed by atoms with Crippen molar-refractivity contribution in [2.75, 3.05) is 31.9 Å². The van der Waals surface area contributed by atoms with E-state index in [1.807, 2.05) is 6.20 Å². The van der Waals surface area contributed by atoms with Gasteiger partial charge in [0.15, 0.2) is 5.13 Å². The Morgan fingerprint density at radius 3 is 2.32 bits per heavy atom. The summed E-state index contributed by atoms with van der Waals surface area (Å²) in [4.78, 5) is 10.5. The minimum Gasteiger partial charge on any atom is -0.375 e. The Labute approximate surface area is 142 Å². The second-order valence-electron chi connectivity index (χ2n) is 5.56. The van der Waals surface area contributed by atoms with Crippen LogP contribution in [0.15, 0.2) is 36.5 Å². The zero-order valence-electron chi connectivity index (χ0n) is 12.6. The van der Waals surface area contributed by atoms with Crippen LogP contribution in [0.3, 0.4) is 0 Å². The zero-order valence-corrected chi connectivity index (χ0v) is 14.3. The first-order valence-electron chi connectivity index (χ1n) is 7.48. The molecule has 1 aliphatic rings. The number of hydrogen-bond acceptors (Lipinski definition) is 5. The molecule has 2 heterocycles. The first-order valence-corrected chi connectivity index (χ1v) is 8.30. The third-order valence-electron chi connectivity index (χ3n) is 3.88. The minimum atomic E-state index is 0. The molecule has 0 saturated carbocycles. The number of hydrogen-bond donors (Lipinski definition) is 1. The predicted molar refractivity (Wildman–Crippen MR) is 95.4 cm³/mol. The van der Waals surface area contributed by atoms with Gasteiger partial charge >= 0.3 is 0 Å². The first-order chi connectivity index (χ1) is 10.3. The SMILES string of the molecule is Cl.Nc1ncc(CN2CCCN(Cc3ccccc3)CC2)s1. The maximum absolute atomic E-state index is 5.70. The van der Waals surface area contributed by atoms with E-state index in [2.05, 4.69) is 45.1 Å². The fourth-order valence-electron chi connectivity index (χ4n) is 2.80. The van der Waals surface area contributed by atoms with E-state index in [4.69, 9.17) is 5.73 Å². The Kier molecular flexibility index (Phi) is 6.64. The van der Waals surface area contributed by atoms with Gasteiger partial charge in [-0.05, 0) is 25.1 Å². The number of nitrogens with two attached hydrogens (primary N) is 1. The van der Waals surface area contributed by atoms with E-state index >= 15 is 0 Å². The molecule has 0 unspecified atom stereocenters. The summed E-state index contributed by atoms with van der Waals surface area (Å²) in [6.07, 6.45) is 3.13. The first kappa shape index (κ1) is 17.2. The van der Waals surface area contributed by atoms with E-state index in [0.29, 0.717) is 5.13 Å². The Balaban J connectivity index is 0.00000176. The molecule has 3 rings (SSSR count). The molecule has 0 bridgehead atoms. The zero-order chi connectivity index (χ0) is 14.5. The number of anilines is 1. The van der Waals surface area contributed by atoms with E-state index in [-0.39, 0.29) is 12.4 Å². The van der Waals surface area contributed by atoms with Gasteiger partial charge in [0.05, 0.1) is 0 Å². The summed E-state index contributed by atoms with van der Waals surface area (Å²) in [6.45, 7) is 6.61. The quantitative estimate of drug-likeness (QED) is 0.931. The molecule has 0 amide bonds. The summed E-state index contributed by atoms with van der Waals surface area (Å²) in [5.74, 6) is 0. The third-order valence-corrected chi connectivity index (χ3v) is 4.69. The maximum atomic E-state index is 5.70. The van der Waals surface area contributed by atoms with Gasteiger partial charge in [0.2, 0.25) is 0 Å². The van der Waals surface area contributed by atoms with Crippen molar-refractivity contribution >= 4 is 28.9 Å². The lowest BCUT2D eigenvalue weighted by Gasteiger charge is -2.21. The van der Waals surface area contributed by atoms with Crippen LogP contribution in [0.1, 0.15) is 16.9 Å². The molecule has 1 aromatic carbocycles. The Bertz CT molecular complexity index is 560. The van der Waals surface area contributed by atoms with Gasteiger partial charge in [0.1, 0.15) is 0 Å². The summed E-state index contributed by atoms with van der Waals surface area (Å²) in [5.41, 5.74) is 7.11. The summed E-state index contributed by atoms with van der Waals surface area (Å²) in [7, 11) is 0. The highest BCUT2D eigenvalue weighted by Gasteiger charge is 2.15. The fraction of sp³-hybridized carbons (Fsp3) is 0.438. The Morgan fingerprint density at radius 2 is 1.68 bits per heavy atom. The van der Waals surface area contributed by atoms with Crippen molar-refractivity contribution in [3.8, 4) is 0 Å². The number of halogens is 1. The van der Waals surface area contributed by atoms with Crippen molar-refractivity contribution in [3.63, 3.8) is 0 Å². The average Bonchev–Trinajstić information content (AvgIpc) is 2.77. The van der Waals surface area contributed by atoms with Crippen LogP contribution in [0.4, 0.5) is 5.13 Å². The van der Waals surface area contributed by atoms with Crippen LogP contribution in [0.5, 0.6) is 0 Å². The lowest BCUT2D eigenvalue weighted by molar-refractivity contribution is 0.248. The van der Waals surface area contributed by atoms with Crippen molar-refractivity contribution in [1.82, 2.24) is 14.8 Å². The average molecular weight is 339 g/mol. The number of thiazole rings is 1. The monoisotopic (exact) mass is 338 g/mol. The molecule has 1 aromatic heterocycles. The van der Waals surface area contributed by atoms with Gasteiger partial charge in [-0.15, -0.1) is 23.7 Å². The van der Waals surface area contributed by atoms with E-state index < -0.39 is 0 Å². The van der Waals surface area contributed by atoms with E-state index in [1.165, 1.54) is 23.4 Å². The molecule has 1 saturated heterocycles. The molecule has 0 spiro atoms. The third kappa shape index (κ3) is 4.95. The van der Waals surface area contributed by atoms with Crippen LogP contribution in [-0.4, -0.2) is 41.0 Å². The van der Waals surface area contributed by atoms with Gasteiger partial charge < -0.3 is 5.73 Å². The topological polar surface area (TPSA) is 45.4 Å². The van der Waals surface area contributed by atoms with Gasteiger partial charge in [-0.3, -0.25) is 9.80 Å². The van der Waals surface area contributed by atoms with Crippen LogP contribution in [0.25, 0.3) is 0 Å². The van der Waals surface area contributed by atoms with Crippen molar-refractivity contribution in [1.29, 1.82) is 0 Å². The highest BCUT2D eigenvalue weighted by molar-refractivity contribution is 7.15. The number of aromatic nitrogens is 1. The Morgan fingerprint density at radius 1 is 1.00 bits per heavy atom. The van der Waals surface area contributed by atoms with E-state index in [1.54, 1.807) is 11.3 Å². The standard InChI is InChI=1S/C16H22N4S.ClH/c17-16-18-11-15(21-16)13-20-8-4-7-19(9-10-20)12-14-5-2-1-3-6-14;/h1-3,5-6,11H,4,7-10,12-13H2,(H2,17,18);1H. The number of nitrogen functional groups attached to an aromatic ring is 1. The smallest absolute Gasteiger partial charge is 0.180 e. The van der Waals surface area contributed by atoms with Gasteiger partial charge in [-0.2, -0.15) is 0 Å². The highest BCUT2D eigenvalue weighted by Crippen LogP contribution is 2.18. The molecule has 4 nitrogen and oxygen atoms in total. The van der Waals surface area contributed by atoms with Crippen LogP contribution in [0, 0.1) is 0 Å². The fourth-order valence-corrected chi connectivity index (χ4v) is 3.52. The van der Waals surface area contributed by atoms with Crippen molar-refractivity contribution in [2.45, 2.75) is 19.5 Å². The van der Waals surface area contributed by atoms with Gasteiger partial charge in [0, 0.05) is 37.3 Å². The van der Waals surface area contributed by atoms with Crippen molar-refractivity contribution < 1.29 is 0 Å². The summed E-state index contributed by atoms with van der Waals surface area (Å²) in [5, 5.41) is 0.672. The molecule has 6 heteroatoms.